The molecule has 0 spiro atoms. The van der Waals surface area contributed by atoms with Gasteiger partial charge < -0.3 is 10.2 Å². The minimum Gasteiger partial charge on any atom is -0.370 e. The Balaban J connectivity index is 2.47. The lowest BCUT2D eigenvalue weighted by Gasteiger charge is -2.25. The van der Waals surface area contributed by atoms with Gasteiger partial charge in [-0.25, -0.2) is 8.42 Å². The van der Waals surface area contributed by atoms with Crippen molar-refractivity contribution < 1.29 is 26.4 Å². The van der Waals surface area contributed by atoms with Gasteiger partial charge >= 0.3 is 6.18 Å². The molecule has 0 unspecified atom stereocenters. The van der Waals surface area contributed by atoms with E-state index < -0.39 is 27.5 Å². The first-order valence-electron chi connectivity index (χ1n) is 8.55. The number of nitrogens with one attached hydrogen (secondary N) is 1. The zero-order valence-corrected chi connectivity index (χ0v) is 16.5. The van der Waals surface area contributed by atoms with Gasteiger partial charge in [0.25, 0.3) is 5.91 Å². The number of halogens is 3. The first-order chi connectivity index (χ1) is 13.0. The topological polar surface area (TPSA) is 66.5 Å². The molecule has 0 bridgehead atoms. The van der Waals surface area contributed by atoms with Gasteiger partial charge in [-0.3, -0.25) is 4.79 Å². The maximum Gasteiger partial charge on any atom is 0.416 e. The molecule has 1 N–H and O–H groups in total. The molecule has 0 saturated heterocycles. The number of benzene rings is 2. The van der Waals surface area contributed by atoms with Gasteiger partial charge in [0.05, 0.1) is 21.8 Å². The highest BCUT2D eigenvalue weighted by atomic mass is 32.2. The molecule has 1 amide bonds. The predicted molar refractivity (Wildman–Crippen MR) is 103 cm³/mol. The molecule has 0 fully saturated rings. The van der Waals surface area contributed by atoms with E-state index in [1.807, 2.05) is 18.7 Å². The second-order valence-corrected chi connectivity index (χ2v) is 8.17. The average molecular weight is 414 g/mol. The first kappa shape index (κ1) is 21.7. The fourth-order valence-corrected chi connectivity index (χ4v) is 3.38. The van der Waals surface area contributed by atoms with Crippen molar-refractivity contribution >= 4 is 27.1 Å². The normalized spacial score (nSPS) is 11.9. The number of amides is 1. The molecule has 0 aromatic heterocycles. The number of sulfone groups is 1. The van der Waals surface area contributed by atoms with Crippen LogP contribution in [0.25, 0.3) is 0 Å². The van der Waals surface area contributed by atoms with Crippen LogP contribution in [-0.2, 0) is 16.0 Å². The van der Waals surface area contributed by atoms with E-state index in [0.29, 0.717) is 18.8 Å². The van der Waals surface area contributed by atoms with Crippen molar-refractivity contribution in [3.63, 3.8) is 0 Å². The van der Waals surface area contributed by atoms with Gasteiger partial charge in [-0.2, -0.15) is 13.2 Å². The van der Waals surface area contributed by atoms with Crippen LogP contribution >= 0.6 is 0 Å². The predicted octanol–water partition coefficient (Wildman–Crippen LogP) is 4.21. The van der Waals surface area contributed by atoms with Crippen molar-refractivity contribution in [1.29, 1.82) is 0 Å². The van der Waals surface area contributed by atoms with E-state index in [9.17, 15) is 26.4 Å². The Morgan fingerprint density at radius 1 is 1.07 bits per heavy atom. The zero-order valence-electron chi connectivity index (χ0n) is 15.7. The van der Waals surface area contributed by atoms with E-state index in [0.717, 1.165) is 18.4 Å². The molecule has 0 aliphatic carbocycles. The Hall–Kier alpha value is -2.55. The van der Waals surface area contributed by atoms with Crippen LogP contribution in [-0.4, -0.2) is 33.7 Å². The van der Waals surface area contributed by atoms with Crippen LogP contribution < -0.4 is 10.2 Å². The molecule has 2 rings (SSSR count). The number of alkyl halides is 3. The van der Waals surface area contributed by atoms with E-state index in [-0.39, 0.29) is 16.1 Å². The summed E-state index contributed by atoms with van der Waals surface area (Å²) in [5, 5.41) is 2.49. The summed E-state index contributed by atoms with van der Waals surface area (Å²) in [7, 11) is -3.52. The highest BCUT2D eigenvalue weighted by molar-refractivity contribution is 7.90. The van der Waals surface area contributed by atoms with Crippen molar-refractivity contribution in [2.45, 2.75) is 24.9 Å². The van der Waals surface area contributed by atoms with Crippen LogP contribution in [0.3, 0.4) is 0 Å². The van der Waals surface area contributed by atoms with Crippen LogP contribution in [0.5, 0.6) is 0 Å². The Bertz CT molecular complexity index is 969. The average Bonchev–Trinajstić information content (AvgIpc) is 2.62. The lowest BCUT2D eigenvalue weighted by atomic mass is 10.1. The van der Waals surface area contributed by atoms with Crippen molar-refractivity contribution in [3.05, 3.63) is 53.6 Å². The Morgan fingerprint density at radius 3 is 2.25 bits per heavy atom. The lowest BCUT2D eigenvalue weighted by Crippen LogP contribution is -2.24. The maximum atomic E-state index is 13.1. The number of nitrogens with zero attached hydrogens (tertiary/aromatic N) is 1. The molecule has 0 atom stereocenters. The zero-order chi connectivity index (χ0) is 21.1. The van der Waals surface area contributed by atoms with Crippen molar-refractivity contribution in [2.75, 3.05) is 29.6 Å². The van der Waals surface area contributed by atoms with Crippen LogP contribution in [0.1, 0.15) is 29.8 Å². The van der Waals surface area contributed by atoms with Gasteiger partial charge in [0, 0.05) is 24.9 Å². The number of carbonyl (C=O) groups is 1. The quantitative estimate of drug-likeness (QED) is 0.769. The number of hydrogen-bond acceptors (Lipinski definition) is 4. The Labute approximate surface area is 162 Å². The van der Waals surface area contributed by atoms with Crippen LogP contribution in [0.2, 0.25) is 0 Å². The second-order valence-electron chi connectivity index (χ2n) is 6.16. The standard InChI is InChI=1S/C19H21F3N2O3S/c1-4-24(5-2)17-10-9-14(19(20,21)22)12-16(17)23-18(25)13-7-6-8-15(11-13)28(3,26)27/h6-12H,4-5H2,1-3H3,(H,23,25). The summed E-state index contributed by atoms with van der Waals surface area (Å²) < 4.78 is 62.7. The Morgan fingerprint density at radius 2 is 1.71 bits per heavy atom. The fraction of sp³-hybridized carbons (Fsp3) is 0.316. The van der Waals surface area contributed by atoms with Gasteiger partial charge in [0.15, 0.2) is 9.84 Å². The summed E-state index contributed by atoms with van der Waals surface area (Å²) in [6.07, 6.45) is -3.55. The van der Waals surface area contributed by atoms with E-state index in [1.54, 1.807) is 0 Å². The van der Waals surface area contributed by atoms with E-state index in [2.05, 4.69) is 5.32 Å². The smallest absolute Gasteiger partial charge is 0.370 e. The highest BCUT2D eigenvalue weighted by Gasteiger charge is 2.31. The number of rotatable bonds is 6. The molecule has 2 aromatic carbocycles. The van der Waals surface area contributed by atoms with E-state index in [4.69, 9.17) is 0 Å². The summed E-state index contributed by atoms with van der Waals surface area (Å²) in [5.41, 5.74) is -0.395. The molecule has 28 heavy (non-hydrogen) atoms. The van der Waals surface area contributed by atoms with Crippen LogP contribution in [0.4, 0.5) is 24.5 Å². The minimum absolute atomic E-state index is 0.00767. The third kappa shape index (κ3) is 5.03. The van der Waals surface area contributed by atoms with Crippen molar-refractivity contribution in [1.82, 2.24) is 0 Å². The molecular formula is C19H21F3N2O3S. The van der Waals surface area contributed by atoms with E-state index in [1.165, 1.54) is 30.3 Å². The molecule has 5 nitrogen and oxygen atoms in total. The summed E-state index contributed by atoms with van der Waals surface area (Å²) in [5.74, 6) is -0.696. The molecule has 0 radical (unpaired) electrons. The maximum absolute atomic E-state index is 13.1. The molecule has 2 aromatic rings. The molecule has 0 aliphatic rings. The monoisotopic (exact) mass is 414 g/mol. The molecule has 0 aliphatic heterocycles. The summed E-state index contributed by atoms with van der Waals surface area (Å²) in [4.78, 5) is 14.4. The Kier molecular flexibility index (Phi) is 6.38. The summed E-state index contributed by atoms with van der Waals surface area (Å²) in [6, 6.07) is 8.50. The van der Waals surface area contributed by atoms with Crippen molar-refractivity contribution in [2.24, 2.45) is 0 Å². The van der Waals surface area contributed by atoms with Crippen LogP contribution in [0, 0.1) is 0 Å². The largest absolute Gasteiger partial charge is 0.416 e. The molecule has 152 valence electrons. The molecule has 0 saturated carbocycles. The minimum atomic E-state index is -4.56. The third-order valence-corrected chi connectivity index (χ3v) is 5.31. The summed E-state index contributed by atoms with van der Waals surface area (Å²) in [6.45, 7) is 4.77. The number of carbonyl (C=O) groups excluding carboxylic acids is 1. The molecule has 9 heteroatoms. The van der Waals surface area contributed by atoms with Crippen molar-refractivity contribution in [3.8, 4) is 0 Å². The SMILES string of the molecule is CCN(CC)c1ccc(C(F)(F)F)cc1NC(=O)c1cccc(S(C)(=O)=O)c1. The lowest BCUT2D eigenvalue weighted by molar-refractivity contribution is -0.137. The second kappa shape index (κ2) is 8.22. The van der Waals surface area contributed by atoms with Gasteiger partial charge in [0.1, 0.15) is 0 Å². The molecular weight excluding hydrogens is 393 g/mol. The van der Waals surface area contributed by atoms with Crippen LogP contribution in [0.15, 0.2) is 47.4 Å². The van der Waals surface area contributed by atoms with Gasteiger partial charge in [-0.1, -0.05) is 6.07 Å². The molecule has 0 heterocycles. The first-order valence-corrected chi connectivity index (χ1v) is 10.4. The van der Waals surface area contributed by atoms with E-state index >= 15 is 0 Å². The van der Waals surface area contributed by atoms with Gasteiger partial charge in [0.2, 0.25) is 0 Å². The number of hydrogen-bond donors (Lipinski definition) is 1. The van der Waals surface area contributed by atoms with Gasteiger partial charge in [-0.15, -0.1) is 0 Å². The number of anilines is 2. The third-order valence-electron chi connectivity index (χ3n) is 4.20. The summed E-state index contributed by atoms with van der Waals surface area (Å²) >= 11 is 0. The fourth-order valence-electron chi connectivity index (χ4n) is 2.71. The highest BCUT2D eigenvalue weighted by Crippen LogP contribution is 2.35. The van der Waals surface area contributed by atoms with Gasteiger partial charge in [-0.05, 0) is 50.2 Å².